The number of rotatable bonds is 6. The highest BCUT2D eigenvalue weighted by Crippen LogP contribution is 2.31. The molecule has 2 aromatic rings. The van der Waals surface area contributed by atoms with E-state index in [1.807, 2.05) is 24.3 Å². The standard InChI is InChI=1S/C21H24ClN5O/c22-18-12-25-16(8-15-10-24-11-15)9-17(18)19-2-1-3-20(27-19)26-14-21(13-23)4-6-28-7-5-21/h1-3,9,12,15,24H,4-8,10-11,14H2,(H,26,27). The lowest BCUT2D eigenvalue weighted by Gasteiger charge is -2.30. The second kappa shape index (κ2) is 8.44. The van der Waals surface area contributed by atoms with Gasteiger partial charge in [-0.1, -0.05) is 17.7 Å². The lowest BCUT2D eigenvalue weighted by atomic mass is 9.82. The summed E-state index contributed by atoms with van der Waals surface area (Å²) in [5.74, 6) is 1.39. The van der Waals surface area contributed by atoms with Crippen LogP contribution in [-0.4, -0.2) is 42.8 Å². The molecule has 0 aromatic carbocycles. The maximum absolute atomic E-state index is 9.62. The Bertz CT molecular complexity index is 871. The van der Waals surface area contributed by atoms with Crippen molar-refractivity contribution in [1.29, 1.82) is 5.26 Å². The quantitative estimate of drug-likeness (QED) is 0.778. The molecule has 0 amide bonds. The molecule has 4 heterocycles. The van der Waals surface area contributed by atoms with Crippen molar-refractivity contribution in [2.75, 3.05) is 38.2 Å². The van der Waals surface area contributed by atoms with Crippen LogP contribution >= 0.6 is 11.6 Å². The van der Waals surface area contributed by atoms with Crippen LogP contribution in [0, 0.1) is 22.7 Å². The largest absolute Gasteiger partial charge is 0.381 e. The summed E-state index contributed by atoms with van der Waals surface area (Å²) in [7, 11) is 0. The number of anilines is 1. The Morgan fingerprint density at radius 2 is 2.14 bits per heavy atom. The fraction of sp³-hybridized carbons (Fsp3) is 0.476. The molecule has 7 heteroatoms. The molecule has 2 fully saturated rings. The minimum absolute atomic E-state index is 0.395. The summed E-state index contributed by atoms with van der Waals surface area (Å²) < 4.78 is 5.40. The van der Waals surface area contributed by atoms with E-state index < -0.39 is 5.41 Å². The Hall–Kier alpha value is -2.20. The van der Waals surface area contributed by atoms with Gasteiger partial charge in [-0.3, -0.25) is 4.98 Å². The van der Waals surface area contributed by atoms with E-state index in [1.165, 1.54) is 0 Å². The second-order valence-electron chi connectivity index (χ2n) is 7.65. The fourth-order valence-electron chi connectivity index (χ4n) is 3.61. The average Bonchev–Trinajstić information content (AvgIpc) is 2.71. The van der Waals surface area contributed by atoms with Gasteiger partial charge in [-0.2, -0.15) is 5.26 Å². The van der Waals surface area contributed by atoms with E-state index >= 15 is 0 Å². The van der Waals surface area contributed by atoms with Gasteiger partial charge >= 0.3 is 0 Å². The maximum atomic E-state index is 9.62. The predicted octanol–water partition coefficient (Wildman–Crippen LogP) is 3.29. The topological polar surface area (TPSA) is 82.9 Å². The summed E-state index contributed by atoms with van der Waals surface area (Å²) in [6.45, 7) is 3.92. The van der Waals surface area contributed by atoms with Gasteiger partial charge in [0.15, 0.2) is 0 Å². The van der Waals surface area contributed by atoms with E-state index in [9.17, 15) is 5.26 Å². The first-order chi connectivity index (χ1) is 13.7. The third-order valence-corrected chi connectivity index (χ3v) is 5.90. The molecule has 0 spiro atoms. The van der Waals surface area contributed by atoms with Crippen LogP contribution in [0.5, 0.6) is 0 Å². The molecule has 6 nitrogen and oxygen atoms in total. The second-order valence-corrected chi connectivity index (χ2v) is 8.06. The van der Waals surface area contributed by atoms with Crippen molar-refractivity contribution in [2.24, 2.45) is 11.3 Å². The zero-order valence-corrected chi connectivity index (χ0v) is 16.5. The van der Waals surface area contributed by atoms with Gasteiger partial charge in [-0.15, -0.1) is 0 Å². The Kier molecular flexibility index (Phi) is 5.77. The molecule has 2 aliphatic rings. The van der Waals surface area contributed by atoms with Crippen molar-refractivity contribution < 1.29 is 4.74 Å². The van der Waals surface area contributed by atoms with E-state index in [4.69, 9.17) is 21.3 Å². The first kappa shape index (κ1) is 19.1. The van der Waals surface area contributed by atoms with Gasteiger partial charge in [0.1, 0.15) is 5.82 Å². The third kappa shape index (κ3) is 4.27. The van der Waals surface area contributed by atoms with Gasteiger partial charge in [0.2, 0.25) is 0 Å². The lowest BCUT2D eigenvalue weighted by Crippen LogP contribution is -2.43. The number of nitrogens with zero attached hydrogens (tertiary/aromatic N) is 3. The van der Waals surface area contributed by atoms with Gasteiger partial charge in [0, 0.05) is 37.2 Å². The van der Waals surface area contributed by atoms with Crippen LogP contribution in [0.2, 0.25) is 5.02 Å². The molecule has 2 aliphatic heterocycles. The number of pyridine rings is 2. The average molecular weight is 398 g/mol. The third-order valence-electron chi connectivity index (χ3n) is 5.60. The van der Waals surface area contributed by atoms with E-state index in [-0.39, 0.29) is 0 Å². The fourth-order valence-corrected chi connectivity index (χ4v) is 3.81. The smallest absolute Gasteiger partial charge is 0.126 e. The predicted molar refractivity (Wildman–Crippen MR) is 109 cm³/mol. The first-order valence-corrected chi connectivity index (χ1v) is 10.1. The van der Waals surface area contributed by atoms with Crippen LogP contribution in [0.25, 0.3) is 11.3 Å². The highest BCUT2D eigenvalue weighted by Gasteiger charge is 2.32. The molecule has 0 bridgehead atoms. The van der Waals surface area contributed by atoms with Crippen molar-refractivity contribution >= 4 is 17.4 Å². The van der Waals surface area contributed by atoms with Crippen LogP contribution < -0.4 is 10.6 Å². The Labute approximate surface area is 170 Å². The molecule has 0 atom stereocenters. The zero-order valence-electron chi connectivity index (χ0n) is 15.7. The van der Waals surface area contributed by atoms with E-state index in [1.54, 1.807) is 6.20 Å². The Balaban J connectivity index is 1.50. The highest BCUT2D eigenvalue weighted by molar-refractivity contribution is 6.33. The summed E-state index contributed by atoms with van der Waals surface area (Å²) in [4.78, 5) is 9.21. The molecule has 146 valence electrons. The minimum atomic E-state index is -0.395. The summed E-state index contributed by atoms with van der Waals surface area (Å²) in [6.07, 6.45) is 4.15. The van der Waals surface area contributed by atoms with Gasteiger partial charge in [0.05, 0.1) is 22.2 Å². The van der Waals surface area contributed by atoms with Crippen molar-refractivity contribution in [1.82, 2.24) is 15.3 Å². The van der Waals surface area contributed by atoms with Crippen LogP contribution in [0.1, 0.15) is 18.5 Å². The summed E-state index contributed by atoms with van der Waals surface area (Å²) in [5.41, 5.74) is 2.34. The van der Waals surface area contributed by atoms with Crippen LogP contribution in [-0.2, 0) is 11.2 Å². The number of halogens is 1. The Morgan fingerprint density at radius 3 is 2.86 bits per heavy atom. The van der Waals surface area contributed by atoms with Crippen molar-refractivity contribution in [3.8, 4) is 17.3 Å². The molecule has 4 rings (SSSR count). The number of nitriles is 1. The first-order valence-electron chi connectivity index (χ1n) is 9.73. The van der Waals surface area contributed by atoms with Crippen molar-refractivity contribution in [2.45, 2.75) is 19.3 Å². The summed E-state index contributed by atoms with van der Waals surface area (Å²) >= 11 is 6.42. The molecule has 0 aliphatic carbocycles. The summed E-state index contributed by atoms with van der Waals surface area (Å²) in [6, 6.07) is 10.4. The lowest BCUT2D eigenvalue weighted by molar-refractivity contribution is 0.0456. The van der Waals surface area contributed by atoms with Crippen LogP contribution in [0.4, 0.5) is 5.82 Å². The number of ether oxygens (including phenoxy) is 1. The van der Waals surface area contributed by atoms with Gasteiger partial charge in [0.25, 0.3) is 0 Å². The van der Waals surface area contributed by atoms with Crippen LogP contribution in [0.3, 0.4) is 0 Å². The molecular weight excluding hydrogens is 374 g/mol. The van der Waals surface area contributed by atoms with Crippen molar-refractivity contribution in [3.05, 3.63) is 41.2 Å². The van der Waals surface area contributed by atoms with E-state index in [0.29, 0.717) is 30.7 Å². The molecule has 0 unspecified atom stereocenters. The van der Waals surface area contributed by atoms with Gasteiger partial charge < -0.3 is 15.4 Å². The summed E-state index contributed by atoms with van der Waals surface area (Å²) in [5, 5.41) is 16.9. The number of hydrogen-bond donors (Lipinski definition) is 2. The van der Waals surface area contributed by atoms with E-state index in [0.717, 1.165) is 55.1 Å². The molecular formula is C21H24ClN5O. The molecule has 28 heavy (non-hydrogen) atoms. The van der Waals surface area contributed by atoms with Crippen molar-refractivity contribution in [3.63, 3.8) is 0 Å². The van der Waals surface area contributed by atoms with Gasteiger partial charge in [-0.25, -0.2) is 4.98 Å². The monoisotopic (exact) mass is 397 g/mol. The molecule has 2 N–H and O–H groups in total. The molecule has 0 saturated carbocycles. The van der Waals surface area contributed by atoms with Crippen LogP contribution in [0.15, 0.2) is 30.5 Å². The molecule has 0 radical (unpaired) electrons. The SMILES string of the molecule is N#CC1(CNc2cccc(-c3cc(CC4CNC4)ncc3Cl)n2)CCOCC1. The number of aromatic nitrogens is 2. The normalized spacial score (nSPS) is 18.9. The molecule has 2 aromatic heterocycles. The minimum Gasteiger partial charge on any atom is -0.381 e. The maximum Gasteiger partial charge on any atom is 0.126 e. The van der Waals surface area contributed by atoms with E-state index in [2.05, 4.69) is 21.7 Å². The number of hydrogen-bond acceptors (Lipinski definition) is 6. The Morgan fingerprint density at radius 1 is 1.32 bits per heavy atom. The zero-order chi connectivity index (χ0) is 19.4. The van der Waals surface area contributed by atoms with Gasteiger partial charge in [-0.05, 0) is 56.5 Å². The molecule has 2 saturated heterocycles. The number of nitrogens with one attached hydrogen (secondary N) is 2. The highest BCUT2D eigenvalue weighted by atomic mass is 35.5.